The Labute approximate surface area is 211 Å². The molecule has 3 rings (SSSR count). The number of hydrogen-bond donors (Lipinski definition) is 2. The van der Waals surface area contributed by atoms with Crippen LogP contribution in [0.1, 0.15) is 27.7 Å². The van der Waals surface area contributed by atoms with Crippen LogP contribution in [0, 0.1) is 11.8 Å². The van der Waals surface area contributed by atoms with Crippen molar-refractivity contribution >= 4 is 28.9 Å². The van der Waals surface area contributed by atoms with Crippen LogP contribution in [-0.4, -0.2) is 52.3 Å². The van der Waals surface area contributed by atoms with Crippen molar-refractivity contribution in [2.24, 2.45) is 11.8 Å². The molecule has 0 aliphatic carbocycles. The molecule has 2 aromatic carbocycles. The summed E-state index contributed by atoms with van der Waals surface area (Å²) in [6.45, 7) is 10.0. The predicted octanol–water partition coefficient (Wildman–Crippen LogP) is 5.72. The molecule has 0 aliphatic heterocycles. The van der Waals surface area contributed by atoms with Crippen molar-refractivity contribution < 1.29 is 14.6 Å². The topological polar surface area (TPSA) is 81.4 Å². The molecule has 0 saturated carbocycles. The van der Waals surface area contributed by atoms with Crippen LogP contribution in [-0.2, 0) is 4.74 Å². The van der Waals surface area contributed by atoms with Crippen molar-refractivity contribution in [1.29, 1.82) is 0 Å². The van der Waals surface area contributed by atoms with E-state index in [0.29, 0.717) is 47.5 Å². The predicted molar refractivity (Wildman–Crippen MR) is 137 cm³/mol. The Morgan fingerprint density at radius 3 is 2.44 bits per heavy atom. The lowest BCUT2D eigenvalue weighted by atomic mass is 10.2. The summed E-state index contributed by atoms with van der Waals surface area (Å²) in [5.41, 5.74) is 2.38. The average Bonchev–Trinajstić information content (AvgIpc) is 3.22. The number of halogens is 2. The first-order valence-corrected chi connectivity index (χ1v) is 12.1. The molecule has 1 atom stereocenters. The Balaban J connectivity index is 1.82. The van der Waals surface area contributed by atoms with Gasteiger partial charge in [0.15, 0.2) is 5.82 Å². The third kappa shape index (κ3) is 7.60. The first-order valence-electron chi connectivity index (χ1n) is 11.4. The maximum absolute atomic E-state index is 10.2. The fourth-order valence-corrected chi connectivity index (χ4v) is 3.38. The van der Waals surface area contributed by atoms with Crippen molar-refractivity contribution in [3.05, 3.63) is 52.5 Å². The number of aromatic nitrogens is 3. The van der Waals surface area contributed by atoms with E-state index in [9.17, 15) is 5.11 Å². The molecule has 9 heteroatoms. The maximum Gasteiger partial charge on any atom is 0.336 e. The van der Waals surface area contributed by atoms with Crippen molar-refractivity contribution in [3.8, 4) is 23.1 Å². The third-order valence-electron chi connectivity index (χ3n) is 4.71. The molecule has 3 aromatic rings. The highest BCUT2D eigenvalue weighted by Gasteiger charge is 2.17. The first-order chi connectivity index (χ1) is 16.2. The summed E-state index contributed by atoms with van der Waals surface area (Å²) in [6, 6.07) is 13.3. The summed E-state index contributed by atoms with van der Waals surface area (Å²) < 4.78 is 13.0. The van der Waals surface area contributed by atoms with E-state index < -0.39 is 6.10 Å². The van der Waals surface area contributed by atoms with Crippen LogP contribution in [0.5, 0.6) is 6.01 Å². The number of ether oxygens (including phenoxy) is 2. The minimum atomic E-state index is -0.614. The molecule has 1 aromatic heterocycles. The average molecular weight is 507 g/mol. The number of aliphatic hydroxyl groups is 1. The molecular formula is C25H32Cl2N4O3. The molecule has 0 fully saturated rings. The quantitative estimate of drug-likeness (QED) is 0.326. The second-order valence-electron chi connectivity index (χ2n) is 8.98. The van der Waals surface area contributed by atoms with Crippen molar-refractivity contribution in [3.63, 3.8) is 0 Å². The van der Waals surface area contributed by atoms with E-state index in [1.807, 2.05) is 30.3 Å². The summed E-state index contributed by atoms with van der Waals surface area (Å²) in [5.74, 6) is 1.35. The minimum absolute atomic E-state index is 0.283. The van der Waals surface area contributed by atoms with Crippen molar-refractivity contribution in [2.45, 2.75) is 33.8 Å². The monoisotopic (exact) mass is 506 g/mol. The molecule has 0 saturated heterocycles. The summed E-state index contributed by atoms with van der Waals surface area (Å²) in [7, 11) is 0. The Hall–Kier alpha value is -2.32. The molecular weight excluding hydrogens is 475 g/mol. The van der Waals surface area contributed by atoms with E-state index in [0.717, 1.165) is 16.9 Å². The lowest BCUT2D eigenvalue weighted by Gasteiger charge is -2.15. The highest BCUT2D eigenvalue weighted by Crippen LogP contribution is 2.30. The molecule has 0 radical (unpaired) electrons. The second-order valence-corrected chi connectivity index (χ2v) is 9.79. The highest BCUT2D eigenvalue weighted by atomic mass is 35.5. The number of aliphatic hydroxyl groups excluding tert-OH is 1. The standard InChI is InChI=1S/C25H32Cl2N4O3/c1-16(2)13-33-15-21(32)12-28-19-6-5-7-20(11-19)31-24(18-8-9-22(26)23(27)10-18)29-25(30-31)34-14-17(3)4/h5-11,16-17,21,28,32H,12-15H2,1-4H3. The van der Waals surface area contributed by atoms with Gasteiger partial charge in [0.25, 0.3) is 0 Å². The van der Waals surface area contributed by atoms with E-state index in [-0.39, 0.29) is 12.6 Å². The number of nitrogens with one attached hydrogen (secondary N) is 1. The number of rotatable bonds is 12. The first kappa shape index (κ1) is 26.3. The molecule has 184 valence electrons. The van der Waals surface area contributed by atoms with Gasteiger partial charge >= 0.3 is 6.01 Å². The summed E-state index contributed by atoms with van der Waals surface area (Å²) >= 11 is 12.4. The van der Waals surface area contributed by atoms with Crippen LogP contribution < -0.4 is 10.1 Å². The van der Waals surface area contributed by atoms with Crippen LogP contribution in [0.3, 0.4) is 0 Å². The zero-order chi connectivity index (χ0) is 24.7. The van der Waals surface area contributed by atoms with Gasteiger partial charge < -0.3 is 19.9 Å². The van der Waals surface area contributed by atoms with Gasteiger partial charge in [-0.2, -0.15) is 4.98 Å². The van der Waals surface area contributed by atoms with Gasteiger partial charge in [-0.1, -0.05) is 57.0 Å². The Bertz CT molecular complexity index is 1070. The molecule has 0 amide bonds. The molecule has 34 heavy (non-hydrogen) atoms. The van der Waals surface area contributed by atoms with Gasteiger partial charge in [0.05, 0.1) is 35.1 Å². The van der Waals surface area contributed by atoms with Gasteiger partial charge in [0.2, 0.25) is 0 Å². The lowest BCUT2D eigenvalue weighted by molar-refractivity contribution is 0.0318. The van der Waals surface area contributed by atoms with Crippen LogP contribution in [0.25, 0.3) is 17.1 Å². The molecule has 0 bridgehead atoms. The Morgan fingerprint density at radius 1 is 0.971 bits per heavy atom. The minimum Gasteiger partial charge on any atom is -0.462 e. The van der Waals surface area contributed by atoms with Gasteiger partial charge in [-0.15, -0.1) is 5.10 Å². The normalized spacial score (nSPS) is 12.4. The van der Waals surface area contributed by atoms with E-state index >= 15 is 0 Å². The highest BCUT2D eigenvalue weighted by molar-refractivity contribution is 6.42. The van der Waals surface area contributed by atoms with Crippen molar-refractivity contribution in [1.82, 2.24) is 14.8 Å². The van der Waals surface area contributed by atoms with Gasteiger partial charge in [0.1, 0.15) is 0 Å². The van der Waals surface area contributed by atoms with Crippen LogP contribution >= 0.6 is 23.2 Å². The van der Waals surface area contributed by atoms with E-state index in [1.54, 1.807) is 16.8 Å². The van der Waals surface area contributed by atoms with Crippen molar-refractivity contribution in [2.75, 3.05) is 31.7 Å². The number of nitrogens with zero attached hydrogens (tertiary/aromatic N) is 3. The SMILES string of the molecule is CC(C)COCC(O)CNc1cccc(-n2nc(OCC(C)C)nc2-c2ccc(Cl)c(Cl)c2)c1. The van der Waals surface area contributed by atoms with E-state index in [4.69, 9.17) is 32.7 Å². The summed E-state index contributed by atoms with van der Waals surface area (Å²) in [4.78, 5) is 4.60. The van der Waals surface area contributed by atoms with E-state index in [1.165, 1.54) is 0 Å². The Kier molecular flexibility index (Phi) is 9.59. The second kappa shape index (κ2) is 12.4. The van der Waals surface area contributed by atoms with Gasteiger partial charge in [-0.05, 0) is 48.2 Å². The zero-order valence-electron chi connectivity index (χ0n) is 20.0. The van der Waals surface area contributed by atoms with Gasteiger partial charge in [-0.3, -0.25) is 0 Å². The van der Waals surface area contributed by atoms with E-state index in [2.05, 4.69) is 43.1 Å². The molecule has 0 spiro atoms. The maximum atomic E-state index is 10.2. The lowest BCUT2D eigenvalue weighted by Crippen LogP contribution is -2.25. The smallest absolute Gasteiger partial charge is 0.336 e. The largest absolute Gasteiger partial charge is 0.462 e. The molecule has 7 nitrogen and oxygen atoms in total. The zero-order valence-corrected chi connectivity index (χ0v) is 21.5. The van der Waals surface area contributed by atoms with Gasteiger partial charge in [0, 0.05) is 24.4 Å². The van der Waals surface area contributed by atoms with Crippen LogP contribution in [0.4, 0.5) is 5.69 Å². The molecule has 2 N–H and O–H groups in total. The summed E-state index contributed by atoms with van der Waals surface area (Å²) in [6.07, 6.45) is -0.614. The van der Waals surface area contributed by atoms with Crippen LogP contribution in [0.2, 0.25) is 10.0 Å². The summed E-state index contributed by atoms with van der Waals surface area (Å²) in [5, 5.41) is 18.9. The number of anilines is 1. The number of benzene rings is 2. The number of hydrogen-bond acceptors (Lipinski definition) is 6. The van der Waals surface area contributed by atoms with Gasteiger partial charge in [-0.25, -0.2) is 4.68 Å². The fourth-order valence-electron chi connectivity index (χ4n) is 3.08. The molecule has 1 unspecified atom stereocenters. The van der Waals surface area contributed by atoms with Crippen LogP contribution in [0.15, 0.2) is 42.5 Å². The third-order valence-corrected chi connectivity index (χ3v) is 5.44. The molecule has 0 aliphatic rings. The Morgan fingerprint density at radius 2 is 1.74 bits per heavy atom. The molecule has 1 heterocycles. The fraction of sp³-hybridized carbons (Fsp3) is 0.440.